The second-order valence-corrected chi connectivity index (χ2v) is 10.8. The summed E-state index contributed by atoms with van der Waals surface area (Å²) in [5.41, 5.74) is 1.75. The fourth-order valence-corrected chi connectivity index (χ4v) is 5.96. The zero-order chi connectivity index (χ0) is 24.5. The van der Waals surface area contributed by atoms with Crippen molar-refractivity contribution in [2.75, 3.05) is 43.8 Å². The van der Waals surface area contributed by atoms with Crippen LogP contribution in [0, 0.1) is 5.92 Å². The van der Waals surface area contributed by atoms with Gasteiger partial charge in [0.15, 0.2) is 0 Å². The van der Waals surface area contributed by atoms with Crippen molar-refractivity contribution in [1.29, 1.82) is 0 Å². The van der Waals surface area contributed by atoms with Crippen LogP contribution in [0.5, 0.6) is 0 Å². The van der Waals surface area contributed by atoms with Crippen LogP contribution in [-0.2, 0) is 11.2 Å². The van der Waals surface area contributed by atoms with E-state index in [0.29, 0.717) is 31.2 Å². The predicted molar refractivity (Wildman–Crippen MR) is 135 cm³/mol. The molecule has 1 fully saturated rings. The number of nitrogens with zero attached hydrogens (tertiary/aromatic N) is 5. The summed E-state index contributed by atoms with van der Waals surface area (Å²) < 4.78 is 40.5. The number of thioether (sulfide) groups is 1. The highest BCUT2D eigenvalue weighted by atomic mass is 35.5. The third-order valence-electron chi connectivity index (χ3n) is 5.99. The Morgan fingerprint density at radius 1 is 1.29 bits per heavy atom. The van der Waals surface area contributed by atoms with Crippen molar-refractivity contribution >= 4 is 59.1 Å². The van der Waals surface area contributed by atoms with Crippen molar-refractivity contribution in [2.24, 2.45) is 15.9 Å². The average molecular weight is 532 g/mol. The summed E-state index contributed by atoms with van der Waals surface area (Å²) in [6.45, 7) is 2.17. The number of aliphatic imine (C=N–C) groups is 2. The van der Waals surface area contributed by atoms with Gasteiger partial charge in [-0.2, -0.15) is 13.2 Å². The molecule has 0 saturated carbocycles. The lowest BCUT2D eigenvalue weighted by Crippen LogP contribution is -2.53. The molecule has 0 bridgehead atoms. The number of amides is 1. The molecule has 4 rings (SSSR count). The lowest BCUT2D eigenvalue weighted by molar-refractivity contribution is -0.131. The number of hydrogen-bond acceptors (Lipinski definition) is 7. The van der Waals surface area contributed by atoms with E-state index in [-0.39, 0.29) is 28.5 Å². The molecule has 0 radical (unpaired) electrons. The van der Waals surface area contributed by atoms with Gasteiger partial charge in [-0.15, -0.1) is 11.8 Å². The molecular weight excluding hydrogens is 507 g/mol. The molecule has 0 spiro atoms. The van der Waals surface area contributed by atoms with Crippen LogP contribution in [0.4, 0.5) is 18.9 Å². The van der Waals surface area contributed by atoms with E-state index in [0.717, 1.165) is 28.8 Å². The summed E-state index contributed by atoms with van der Waals surface area (Å²) in [5, 5.41) is 0.257. The van der Waals surface area contributed by atoms with Gasteiger partial charge in [-0.25, -0.2) is 4.99 Å². The second kappa shape index (κ2) is 10.4. The highest BCUT2D eigenvalue weighted by Gasteiger charge is 2.40. The zero-order valence-corrected chi connectivity index (χ0v) is 21.1. The highest BCUT2D eigenvalue weighted by molar-refractivity contribution is 8.04. The highest BCUT2D eigenvalue weighted by Crippen LogP contribution is 2.44. The van der Waals surface area contributed by atoms with E-state index in [1.807, 2.05) is 35.8 Å². The standard InChI is InChI=1S/C22H25ClF3N5OS2/c1-29(33-2)15-4-3-14(18(23)10-15)9-19(32)30-5-7-31(8-6-30)20-17-11-16(12-22(24,25)26)34-21(17)28-13-27-20/h3-4,10-11,13,17,21H,5-9,12H2,1-2H3. The second-order valence-electron chi connectivity index (χ2n) is 8.21. The fourth-order valence-electron chi connectivity index (χ4n) is 4.15. The van der Waals surface area contributed by atoms with Gasteiger partial charge in [0, 0.05) is 50.2 Å². The number of fused-ring (bicyclic) bond motifs is 1. The van der Waals surface area contributed by atoms with Crippen LogP contribution >= 0.6 is 35.3 Å². The van der Waals surface area contributed by atoms with Crippen LogP contribution in [0.2, 0.25) is 5.02 Å². The number of amidine groups is 1. The first kappa shape index (κ1) is 25.2. The molecule has 184 valence electrons. The van der Waals surface area contributed by atoms with Crippen LogP contribution in [0.3, 0.4) is 0 Å². The molecule has 1 aromatic rings. The van der Waals surface area contributed by atoms with Crippen LogP contribution < -0.4 is 4.31 Å². The SMILES string of the molecule is CSN(C)c1ccc(CC(=O)N2CCN(C3=NC=NC4SC(CC(F)(F)F)=CC34)CC2)c(Cl)c1. The Labute approximate surface area is 210 Å². The molecule has 3 aliphatic rings. The molecule has 0 aromatic heterocycles. The number of alkyl halides is 3. The van der Waals surface area contributed by atoms with Gasteiger partial charge in [0.25, 0.3) is 0 Å². The van der Waals surface area contributed by atoms with E-state index >= 15 is 0 Å². The first-order chi connectivity index (χ1) is 16.1. The zero-order valence-electron chi connectivity index (χ0n) is 18.8. The van der Waals surface area contributed by atoms with E-state index in [1.54, 1.807) is 22.9 Å². The molecule has 0 N–H and O–H groups in total. The Balaban J connectivity index is 1.35. The van der Waals surface area contributed by atoms with E-state index in [2.05, 4.69) is 14.9 Å². The fraction of sp³-hybridized carbons (Fsp3) is 0.500. The van der Waals surface area contributed by atoms with Gasteiger partial charge in [0.1, 0.15) is 17.5 Å². The van der Waals surface area contributed by atoms with Crippen LogP contribution in [0.1, 0.15) is 12.0 Å². The van der Waals surface area contributed by atoms with Gasteiger partial charge in [-0.05, 0) is 22.6 Å². The molecule has 1 aromatic carbocycles. The first-order valence-corrected chi connectivity index (χ1v) is 13.2. The minimum Gasteiger partial charge on any atom is -0.356 e. The molecule has 1 amide bonds. The summed E-state index contributed by atoms with van der Waals surface area (Å²) in [4.78, 5) is 25.7. The quantitative estimate of drug-likeness (QED) is 0.515. The maximum atomic E-state index is 12.9. The first-order valence-electron chi connectivity index (χ1n) is 10.8. The van der Waals surface area contributed by atoms with E-state index in [1.165, 1.54) is 6.34 Å². The summed E-state index contributed by atoms with van der Waals surface area (Å²) in [5.74, 6) is 0.459. The van der Waals surface area contributed by atoms with Gasteiger partial charge in [0.2, 0.25) is 5.91 Å². The molecule has 3 heterocycles. The molecule has 12 heteroatoms. The number of allylic oxidation sites excluding steroid dienone is 1. The summed E-state index contributed by atoms with van der Waals surface area (Å²) in [7, 11) is 1.95. The van der Waals surface area contributed by atoms with Crippen LogP contribution in [-0.4, -0.2) is 78.9 Å². The van der Waals surface area contributed by atoms with Crippen molar-refractivity contribution < 1.29 is 18.0 Å². The van der Waals surface area contributed by atoms with Gasteiger partial charge < -0.3 is 14.1 Å². The Morgan fingerprint density at radius 3 is 2.68 bits per heavy atom. The maximum Gasteiger partial charge on any atom is 0.393 e. The third kappa shape index (κ3) is 5.85. The molecule has 6 nitrogen and oxygen atoms in total. The molecule has 34 heavy (non-hydrogen) atoms. The molecule has 1 saturated heterocycles. The van der Waals surface area contributed by atoms with Crippen molar-refractivity contribution in [2.45, 2.75) is 24.4 Å². The Hall–Kier alpha value is -1.85. The molecule has 0 aliphatic carbocycles. The van der Waals surface area contributed by atoms with Crippen molar-refractivity contribution in [3.8, 4) is 0 Å². The number of benzene rings is 1. The summed E-state index contributed by atoms with van der Waals surface area (Å²) >= 11 is 9.15. The number of carbonyl (C=O) groups is 1. The molecule has 2 atom stereocenters. The third-order valence-corrected chi connectivity index (χ3v) is 8.34. The topological polar surface area (TPSA) is 51.5 Å². The number of rotatable bonds is 5. The number of piperazine rings is 1. The lowest BCUT2D eigenvalue weighted by atomic mass is 10.0. The summed E-state index contributed by atoms with van der Waals surface area (Å²) in [6.07, 6.45) is 0.0995. The minimum atomic E-state index is -4.24. The van der Waals surface area contributed by atoms with Gasteiger partial charge in [-0.3, -0.25) is 9.79 Å². The smallest absolute Gasteiger partial charge is 0.356 e. The van der Waals surface area contributed by atoms with Gasteiger partial charge in [-0.1, -0.05) is 35.7 Å². The largest absolute Gasteiger partial charge is 0.393 e. The van der Waals surface area contributed by atoms with E-state index in [4.69, 9.17) is 11.6 Å². The Bertz CT molecular complexity index is 1020. The van der Waals surface area contributed by atoms with E-state index in [9.17, 15) is 18.0 Å². The monoisotopic (exact) mass is 531 g/mol. The lowest BCUT2D eigenvalue weighted by Gasteiger charge is -2.39. The molecular formula is C22H25ClF3N5OS2. The van der Waals surface area contributed by atoms with Crippen LogP contribution in [0.25, 0.3) is 0 Å². The maximum absolute atomic E-state index is 12.9. The number of anilines is 1. The van der Waals surface area contributed by atoms with Gasteiger partial charge in [0.05, 0.1) is 18.8 Å². The van der Waals surface area contributed by atoms with Crippen molar-refractivity contribution in [3.63, 3.8) is 0 Å². The molecule has 3 aliphatic heterocycles. The van der Waals surface area contributed by atoms with Gasteiger partial charge >= 0.3 is 6.18 Å². The molecule has 2 unspecified atom stereocenters. The normalized spacial score (nSPS) is 22.4. The number of hydrogen-bond donors (Lipinski definition) is 0. The van der Waals surface area contributed by atoms with E-state index < -0.39 is 12.6 Å². The summed E-state index contributed by atoms with van der Waals surface area (Å²) in [6, 6.07) is 5.69. The predicted octanol–water partition coefficient (Wildman–Crippen LogP) is 4.71. The van der Waals surface area contributed by atoms with Crippen LogP contribution in [0.15, 0.2) is 39.2 Å². The minimum absolute atomic E-state index is 0.00123. The number of carbonyl (C=O) groups excluding carboxylic acids is 1. The Morgan fingerprint density at radius 2 is 2.03 bits per heavy atom. The number of halogens is 4. The average Bonchev–Trinajstić information content (AvgIpc) is 3.20. The Kier molecular flexibility index (Phi) is 7.73. The van der Waals surface area contributed by atoms with Crippen molar-refractivity contribution in [3.05, 3.63) is 39.8 Å². The van der Waals surface area contributed by atoms with Crippen molar-refractivity contribution in [1.82, 2.24) is 9.80 Å².